The van der Waals surface area contributed by atoms with Gasteiger partial charge in [0.05, 0.1) is 18.2 Å². The summed E-state index contributed by atoms with van der Waals surface area (Å²) in [4.78, 5) is 11.3. The number of anilines is 1. The zero-order valence-corrected chi connectivity index (χ0v) is 14.4. The van der Waals surface area contributed by atoms with Gasteiger partial charge in [-0.05, 0) is 57.1 Å². The lowest BCUT2D eigenvalue weighted by Crippen LogP contribution is -2.24. The van der Waals surface area contributed by atoms with Crippen molar-refractivity contribution in [2.24, 2.45) is 0 Å². The Balaban J connectivity index is 2.11. The molecule has 3 rings (SSSR count). The van der Waals surface area contributed by atoms with Crippen LogP contribution in [0.4, 0.5) is 5.95 Å². The molecule has 126 valence electrons. The van der Waals surface area contributed by atoms with Crippen molar-refractivity contribution in [1.29, 1.82) is 0 Å². The number of hydrogen-bond donors (Lipinski definition) is 2. The van der Waals surface area contributed by atoms with Gasteiger partial charge in [0.2, 0.25) is 5.95 Å². The number of rotatable bonds is 5. The van der Waals surface area contributed by atoms with E-state index in [1.807, 2.05) is 13.0 Å². The summed E-state index contributed by atoms with van der Waals surface area (Å²) in [5, 5.41) is 23.3. The van der Waals surface area contributed by atoms with Gasteiger partial charge in [-0.3, -0.25) is 0 Å². The van der Waals surface area contributed by atoms with Crippen LogP contribution in [0.1, 0.15) is 18.5 Å². The van der Waals surface area contributed by atoms with Crippen molar-refractivity contribution in [3.63, 3.8) is 0 Å². The normalized spacial score (nSPS) is 16.0. The van der Waals surface area contributed by atoms with Crippen LogP contribution in [0.5, 0.6) is 11.5 Å². The first-order chi connectivity index (χ1) is 11.5. The number of hydrogen-bond acceptors (Lipinski definition) is 7. The highest BCUT2D eigenvalue weighted by Gasteiger charge is 2.27. The SMILES string of the molecule is CCOc1c(Br)cc([C@@H]2C=C(C(=O)O)Nc3nnnn32)cc1OC. The highest BCUT2D eigenvalue weighted by atomic mass is 79.9. The van der Waals surface area contributed by atoms with Crippen LogP contribution >= 0.6 is 15.9 Å². The van der Waals surface area contributed by atoms with Gasteiger partial charge in [-0.25, -0.2) is 4.79 Å². The zero-order valence-electron chi connectivity index (χ0n) is 12.9. The molecule has 0 spiro atoms. The topological polar surface area (TPSA) is 111 Å². The van der Waals surface area contributed by atoms with Crippen LogP contribution in [0.25, 0.3) is 0 Å². The van der Waals surface area contributed by atoms with Gasteiger partial charge in [0, 0.05) is 0 Å². The Labute approximate surface area is 145 Å². The van der Waals surface area contributed by atoms with E-state index in [-0.39, 0.29) is 11.6 Å². The van der Waals surface area contributed by atoms with Gasteiger partial charge in [0.25, 0.3) is 0 Å². The smallest absolute Gasteiger partial charge is 0.352 e. The minimum atomic E-state index is -1.09. The van der Waals surface area contributed by atoms with E-state index < -0.39 is 12.0 Å². The van der Waals surface area contributed by atoms with Crippen molar-refractivity contribution in [3.05, 3.63) is 33.9 Å². The summed E-state index contributed by atoms with van der Waals surface area (Å²) < 4.78 is 13.1. The molecule has 1 aliphatic heterocycles. The number of tetrazole rings is 1. The van der Waals surface area contributed by atoms with Crippen LogP contribution in [0.2, 0.25) is 0 Å². The minimum absolute atomic E-state index is 0.00581. The number of allylic oxidation sites excluding steroid dienone is 1. The fourth-order valence-corrected chi connectivity index (χ4v) is 2.99. The first-order valence-corrected chi connectivity index (χ1v) is 7.84. The molecule has 0 radical (unpaired) electrons. The third-order valence-corrected chi connectivity index (χ3v) is 4.03. The van der Waals surface area contributed by atoms with Crippen molar-refractivity contribution >= 4 is 27.8 Å². The van der Waals surface area contributed by atoms with Crippen molar-refractivity contribution < 1.29 is 19.4 Å². The second kappa shape index (κ2) is 6.48. The highest BCUT2D eigenvalue weighted by Crippen LogP contribution is 2.40. The Morgan fingerprint density at radius 2 is 2.29 bits per heavy atom. The van der Waals surface area contributed by atoms with Crippen LogP contribution in [0, 0.1) is 0 Å². The summed E-state index contributed by atoms with van der Waals surface area (Å²) in [6, 6.07) is 3.10. The summed E-state index contributed by atoms with van der Waals surface area (Å²) in [6.07, 6.45) is 1.53. The summed E-state index contributed by atoms with van der Waals surface area (Å²) in [6.45, 7) is 2.36. The third kappa shape index (κ3) is 2.80. The number of nitrogens with zero attached hydrogens (tertiary/aromatic N) is 4. The summed E-state index contributed by atoms with van der Waals surface area (Å²) >= 11 is 3.46. The van der Waals surface area contributed by atoms with Crippen LogP contribution in [0.3, 0.4) is 0 Å². The maximum atomic E-state index is 11.3. The monoisotopic (exact) mass is 395 g/mol. The molecule has 24 heavy (non-hydrogen) atoms. The lowest BCUT2D eigenvalue weighted by atomic mass is 10.0. The highest BCUT2D eigenvalue weighted by molar-refractivity contribution is 9.10. The Morgan fingerprint density at radius 3 is 2.96 bits per heavy atom. The first-order valence-electron chi connectivity index (χ1n) is 7.05. The molecule has 0 saturated carbocycles. The Hall–Kier alpha value is -2.62. The maximum absolute atomic E-state index is 11.3. The number of nitrogens with one attached hydrogen (secondary N) is 1. The molecule has 0 amide bonds. The number of benzene rings is 1. The average Bonchev–Trinajstić information content (AvgIpc) is 3.04. The number of carboxylic acid groups (broad SMARTS) is 1. The number of carboxylic acids is 1. The van der Waals surface area contributed by atoms with E-state index in [1.54, 1.807) is 6.07 Å². The molecule has 2 heterocycles. The van der Waals surface area contributed by atoms with Crippen molar-refractivity contribution in [2.75, 3.05) is 19.0 Å². The lowest BCUT2D eigenvalue weighted by molar-refractivity contribution is -0.132. The summed E-state index contributed by atoms with van der Waals surface area (Å²) in [5.41, 5.74) is 0.752. The van der Waals surface area contributed by atoms with Gasteiger partial charge in [0.1, 0.15) is 11.7 Å². The van der Waals surface area contributed by atoms with Crippen LogP contribution in [-0.4, -0.2) is 45.0 Å². The van der Waals surface area contributed by atoms with Gasteiger partial charge in [-0.15, -0.1) is 0 Å². The molecule has 0 unspecified atom stereocenters. The molecule has 2 N–H and O–H groups in total. The number of aromatic nitrogens is 4. The zero-order chi connectivity index (χ0) is 17.3. The quantitative estimate of drug-likeness (QED) is 0.788. The molecule has 1 aliphatic rings. The van der Waals surface area contributed by atoms with E-state index in [9.17, 15) is 9.90 Å². The second-order valence-corrected chi connectivity index (χ2v) is 5.72. The van der Waals surface area contributed by atoms with Crippen molar-refractivity contribution in [1.82, 2.24) is 20.2 Å². The molecule has 0 aliphatic carbocycles. The minimum Gasteiger partial charge on any atom is -0.493 e. The van der Waals surface area contributed by atoms with Crippen LogP contribution in [0.15, 0.2) is 28.4 Å². The molecule has 1 atom stereocenters. The molecule has 0 saturated heterocycles. The molecule has 0 bridgehead atoms. The van der Waals surface area contributed by atoms with E-state index in [4.69, 9.17) is 9.47 Å². The van der Waals surface area contributed by atoms with Crippen LogP contribution < -0.4 is 14.8 Å². The van der Waals surface area contributed by atoms with Gasteiger partial charge in [-0.2, -0.15) is 4.68 Å². The summed E-state index contributed by atoms with van der Waals surface area (Å²) in [7, 11) is 1.54. The van der Waals surface area contributed by atoms with Gasteiger partial charge in [0.15, 0.2) is 11.5 Å². The van der Waals surface area contributed by atoms with Gasteiger partial charge >= 0.3 is 5.97 Å². The molecular formula is C14H14BrN5O4. The number of ether oxygens (including phenoxy) is 2. The van der Waals surface area contributed by atoms with Gasteiger partial charge in [-0.1, -0.05) is 5.10 Å². The number of aliphatic carboxylic acids is 1. The largest absolute Gasteiger partial charge is 0.493 e. The third-order valence-electron chi connectivity index (χ3n) is 3.44. The molecule has 10 heteroatoms. The van der Waals surface area contributed by atoms with E-state index >= 15 is 0 Å². The van der Waals surface area contributed by atoms with E-state index in [0.717, 1.165) is 5.56 Å². The van der Waals surface area contributed by atoms with E-state index in [1.165, 1.54) is 17.9 Å². The molecule has 2 aromatic rings. The number of carbonyl (C=O) groups is 1. The molecule has 9 nitrogen and oxygen atoms in total. The van der Waals surface area contributed by atoms with Crippen LogP contribution in [-0.2, 0) is 4.79 Å². The van der Waals surface area contributed by atoms with Gasteiger partial charge < -0.3 is 19.9 Å². The molecular weight excluding hydrogens is 382 g/mol. The summed E-state index contributed by atoms with van der Waals surface area (Å²) in [5.74, 6) is 0.270. The van der Waals surface area contributed by atoms with E-state index in [2.05, 4.69) is 36.8 Å². The molecule has 0 fully saturated rings. The maximum Gasteiger partial charge on any atom is 0.352 e. The number of halogens is 1. The fourth-order valence-electron chi connectivity index (χ4n) is 2.41. The number of methoxy groups -OCH3 is 1. The van der Waals surface area contributed by atoms with Crippen molar-refractivity contribution in [2.45, 2.75) is 13.0 Å². The standard InChI is InChI=1S/C14H14BrN5O4/c1-3-24-12-8(15)4-7(5-11(12)23-2)10-6-9(13(21)22)16-14-17-18-19-20(10)14/h4-6,10H,3H2,1-2H3,(H,21,22)(H,16,17,19)/t10-/m0/s1. The Bertz CT molecular complexity index is 819. The Kier molecular flexibility index (Phi) is 4.38. The second-order valence-electron chi connectivity index (χ2n) is 4.87. The predicted molar refractivity (Wildman–Crippen MR) is 87.2 cm³/mol. The predicted octanol–water partition coefficient (Wildman–Crippen LogP) is 1.83. The average molecular weight is 396 g/mol. The Morgan fingerprint density at radius 1 is 1.50 bits per heavy atom. The molecule has 1 aromatic carbocycles. The van der Waals surface area contributed by atoms with E-state index in [0.29, 0.717) is 22.6 Å². The molecule has 1 aromatic heterocycles. The first kappa shape index (κ1) is 16.2. The number of fused-ring (bicyclic) bond motifs is 1. The van der Waals surface area contributed by atoms with Crippen molar-refractivity contribution in [3.8, 4) is 11.5 Å². The lowest BCUT2D eigenvalue weighted by Gasteiger charge is -2.23. The fraction of sp³-hybridized carbons (Fsp3) is 0.286.